The van der Waals surface area contributed by atoms with Gasteiger partial charge in [0.2, 0.25) is 0 Å². The average Bonchev–Trinajstić information content (AvgIpc) is 2.30. The molecule has 0 aliphatic carbocycles. The van der Waals surface area contributed by atoms with Crippen LogP contribution < -0.4 is 34.7 Å². The van der Waals surface area contributed by atoms with E-state index in [-0.39, 0.29) is 42.8 Å². The van der Waals surface area contributed by atoms with Crippen LogP contribution in [0.25, 0.3) is 0 Å². The number of carboxylic acids is 1. The largest absolute Gasteiger partial charge is 1.00 e. The third kappa shape index (κ3) is 18.6. The van der Waals surface area contributed by atoms with Crippen molar-refractivity contribution >= 4 is 5.97 Å². The molecular weight excluding hydrogens is 255 g/mol. The van der Waals surface area contributed by atoms with Gasteiger partial charge in [0.1, 0.15) is 0 Å². The molecule has 0 aromatic heterocycles. The smallest absolute Gasteiger partial charge is 0.548 e. The number of carbonyl (C=O) groups is 1. The summed E-state index contributed by atoms with van der Waals surface area (Å²) in [5, 5.41) is 18.4. The first-order valence-electron chi connectivity index (χ1n) is 5.39. The van der Waals surface area contributed by atoms with Crippen molar-refractivity contribution in [1.82, 2.24) is 0 Å². The van der Waals surface area contributed by atoms with E-state index >= 15 is 0 Å². The summed E-state index contributed by atoms with van der Waals surface area (Å²) in [4.78, 5) is 9.96. The zero-order valence-electron chi connectivity index (χ0n) is 10.8. The van der Waals surface area contributed by atoms with Crippen molar-refractivity contribution in [3.8, 4) is 0 Å². The fourth-order valence-electron chi connectivity index (χ4n) is 0.880. The Morgan fingerprint density at radius 2 is 1.22 bits per heavy atom. The number of rotatable bonds is 13. The number of hydrogen-bond acceptors (Lipinski definition) is 7. The first kappa shape index (κ1) is 20.6. The minimum atomic E-state index is -1.24. The van der Waals surface area contributed by atoms with Crippen molar-refractivity contribution in [2.45, 2.75) is 0 Å². The Balaban J connectivity index is 0. The maximum Gasteiger partial charge on any atom is 1.00 e. The molecule has 0 saturated heterocycles. The molecule has 0 bridgehead atoms. The van der Waals surface area contributed by atoms with Gasteiger partial charge in [-0.3, -0.25) is 0 Å². The Kier molecular flexibility index (Phi) is 19.8. The zero-order valence-corrected chi connectivity index (χ0v) is 12.8. The number of aliphatic carboxylic acids is 1. The molecule has 18 heavy (non-hydrogen) atoms. The summed E-state index contributed by atoms with van der Waals surface area (Å²) >= 11 is 0. The molecule has 0 amide bonds. The van der Waals surface area contributed by atoms with Gasteiger partial charge in [-0.05, 0) is 0 Å². The summed E-state index contributed by atoms with van der Waals surface area (Å²) in [5.41, 5.74) is 0. The van der Waals surface area contributed by atoms with Crippen LogP contribution in [0.3, 0.4) is 0 Å². The third-order valence-electron chi connectivity index (χ3n) is 1.57. The Bertz CT molecular complexity index is 180. The molecule has 0 aliphatic rings. The Morgan fingerprint density at radius 3 is 1.61 bits per heavy atom. The molecule has 102 valence electrons. The second-order valence-corrected chi connectivity index (χ2v) is 2.99. The van der Waals surface area contributed by atoms with Gasteiger partial charge in [-0.1, -0.05) is 0 Å². The van der Waals surface area contributed by atoms with Crippen molar-refractivity contribution < 1.29 is 63.5 Å². The number of ether oxygens (including phenoxy) is 4. The maximum atomic E-state index is 9.96. The monoisotopic (exact) mass is 274 g/mol. The molecule has 0 rings (SSSR count). The van der Waals surface area contributed by atoms with Gasteiger partial charge in [-0.2, -0.15) is 0 Å². The van der Waals surface area contributed by atoms with Crippen LogP contribution in [-0.2, 0) is 23.7 Å². The van der Waals surface area contributed by atoms with Gasteiger partial charge < -0.3 is 34.0 Å². The van der Waals surface area contributed by atoms with Gasteiger partial charge in [-0.25, -0.2) is 0 Å². The van der Waals surface area contributed by atoms with Crippen molar-refractivity contribution in [3.63, 3.8) is 0 Å². The van der Waals surface area contributed by atoms with Crippen LogP contribution in [-0.4, -0.2) is 70.5 Å². The van der Waals surface area contributed by atoms with Crippen LogP contribution in [0.2, 0.25) is 0 Å². The summed E-state index contributed by atoms with van der Waals surface area (Å²) in [7, 11) is 0. The molecule has 0 fully saturated rings. The zero-order chi connectivity index (χ0) is 12.8. The average molecular weight is 274 g/mol. The molecule has 0 unspecified atom stereocenters. The summed E-state index contributed by atoms with van der Waals surface area (Å²) < 4.78 is 19.9. The molecule has 1 N–H and O–H groups in total. The molecular formula is C10H19NaO7. The van der Waals surface area contributed by atoms with E-state index in [9.17, 15) is 9.90 Å². The van der Waals surface area contributed by atoms with Crippen LogP contribution in [0.4, 0.5) is 0 Å². The first-order chi connectivity index (χ1) is 8.27. The molecule has 7 nitrogen and oxygen atoms in total. The van der Waals surface area contributed by atoms with E-state index in [4.69, 9.17) is 24.1 Å². The van der Waals surface area contributed by atoms with E-state index in [2.05, 4.69) is 0 Å². The van der Waals surface area contributed by atoms with Crippen molar-refractivity contribution in [2.24, 2.45) is 0 Å². The number of aliphatic hydroxyl groups is 1. The maximum absolute atomic E-state index is 9.96. The quantitative estimate of drug-likeness (QED) is 0.265. The van der Waals surface area contributed by atoms with E-state index < -0.39 is 12.6 Å². The van der Waals surface area contributed by atoms with E-state index in [1.165, 1.54) is 0 Å². The number of carboxylic acid groups (broad SMARTS) is 1. The third-order valence-corrected chi connectivity index (χ3v) is 1.57. The minimum Gasteiger partial charge on any atom is -0.548 e. The van der Waals surface area contributed by atoms with Crippen LogP contribution in [0, 0.1) is 0 Å². The second-order valence-electron chi connectivity index (χ2n) is 2.99. The molecule has 0 aromatic rings. The molecule has 0 atom stereocenters. The van der Waals surface area contributed by atoms with Crippen LogP contribution in [0.1, 0.15) is 0 Å². The molecule has 0 aromatic carbocycles. The van der Waals surface area contributed by atoms with E-state index in [0.29, 0.717) is 39.6 Å². The van der Waals surface area contributed by atoms with Crippen molar-refractivity contribution in [1.29, 1.82) is 0 Å². The van der Waals surface area contributed by atoms with Gasteiger partial charge in [0.15, 0.2) is 0 Å². The molecule has 0 aliphatic heterocycles. The molecule has 0 spiro atoms. The predicted octanol–water partition coefficient (Wildman–Crippen LogP) is -5.20. The van der Waals surface area contributed by atoms with E-state index in [1.54, 1.807) is 0 Å². The molecule has 8 heteroatoms. The van der Waals surface area contributed by atoms with Gasteiger partial charge in [0.05, 0.1) is 65.4 Å². The minimum absolute atomic E-state index is 0. The molecule has 0 radical (unpaired) electrons. The number of aliphatic hydroxyl groups excluding tert-OH is 1. The second kappa shape index (κ2) is 17.3. The normalized spacial score (nSPS) is 10.1. The number of carbonyl (C=O) groups excluding carboxylic acids is 1. The van der Waals surface area contributed by atoms with Gasteiger partial charge in [0, 0.05) is 0 Å². The van der Waals surface area contributed by atoms with Crippen LogP contribution in [0.5, 0.6) is 0 Å². The fraction of sp³-hybridized carbons (Fsp3) is 0.900. The van der Waals surface area contributed by atoms with Crippen molar-refractivity contribution in [3.05, 3.63) is 0 Å². The van der Waals surface area contributed by atoms with Crippen molar-refractivity contribution in [2.75, 3.05) is 59.5 Å². The Hall–Kier alpha value is 0.270. The Labute approximate surface area is 129 Å². The Morgan fingerprint density at radius 1 is 0.833 bits per heavy atom. The predicted molar refractivity (Wildman–Crippen MR) is 55.4 cm³/mol. The van der Waals surface area contributed by atoms with Gasteiger partial charge >= 0.3 is 29.6 Å². The van der Waals surface area contributed by atoms with E-state index in [1.807, 2.05) is 0 Å². The summed E-state index contributed by atoms with van der Waals surface area (Å²) in [5.74, 6) is -1.24. The SMILES string of the molecule is O=C([O-])COCCOCCOCCOCCO.[Na+]. The standard InChI is InChI=1S/C10H20O7.Na/c11-1-2-14-3-4-15-5-6-16-7-8-17-9-10(12)13;/h11H,1-9H2,(H,12,13);/q;+1/p-1. The summed E-state index contributed by atoms with van der Waals surface area (Å²) in [6, 6.07) is 0. The first-order valence-corrected chi connectivity index (χ1v) is 5.39. The number of hydrogen-bond donors (Lipinski definition) is 1. The van der Waals surface area contributed by atoms with E-state index in [0.717, 1.165) is 0 Å². The molecule has 0 saturated carbocycles. The van der Waals surface area contributed by atoms with Gasteiger partial charge in [0.25, 0.3) is 0 Å². The molecule has 0 heterocycles. The van der Waals surface area contributed by atoms with Gasteiger partial charge in [-0.15, -0.1) is 0 Å². The van der Waals surface area contributed by atoms with Crippen LogP contribution >= 0.6 is 0 Å². The summed E-state index contributed by atoms with van der Waals surface area (Å²) in [6.07, 6.45) is 0. The topological polar surface area (TPSA) is 97.3 Å². The summed E-state index contributed by atoms with van der Waals surface area (Å²) in [6.45, 7) is 2.18. The fourth-order valence-corrected chi connectivity index (χ4v) is 0.880. The van der Waals surface area contributed by atoms with Crippen LogP contribution in [0.15, 0.2) is 0 Å².